The number of nitrogens with zero attached hydrogens (tertiary/aromatic N) is 2. The summed E-state index contributed by atoms with van der Waals surface area (Å²) in [6, 6.07) is 17.1. The van der Waals surface area contributed by atoms with Crippen molar-refractivity contribution >= 4 is 57.9 Å². The van der Waals surface area contributed by atoms with E-state index >= 15 is 0 Å². The van der Waals surface area contributed by atoms with Crippen molar-refractivity contribution in [2.24, 2.45) is 5.92 Å². The van der Waals surface area contributed by atoms with E-state index in [0.29, 0.717) is 21.2 Å². The van der Waals surface area contributed by atoms with Crippen molar-refractivity contribution in [1.82, 2.24) is 4.98 Å². The van der Waals surface area contributed by atoms with Crippen molar-refractivity contribution in [3.63, 3.8) is 0 Å². The average molecular weight is 607 g/mol. The number of thiazole rings is 1. The van der Waals surface area contributed by atoms with E-state index in [1.165, 1.54) is 48.5 Å². The summed E-state index contributed by atoms with van der Waals surface area (Å²) in [5.74, 6) is -3.38. The molecule has 6 rings (SSSR count). The highest BCUT2D eigenvalue weighted by molar-refractivity contribution is 8.00. The molecule has 2 aliphatic heterocycles. The molecule has 1 aromatic heterocycles. The first-order valence-electron chi connectivity index (χ1n) is 12.5. The Kier molecular flexibility index (Phi) is 7.08. The summed E-state index contributed by atoms with van der Waals surface area (Å²) in [5, 5.41) is 13.3. The first-order valence-corrected chi connectivity index (χ1v) is 14.2. The fraction of sp³-hybridized carbons (Fsp3) is 0.143. The van der Waals surface area contributed by atoms with Gasteiger partial charge in [-0.3, -0.25) is 29.3 Å². The third-order valence-corrected chi connectivity index (χ3v) is 9.28. The van der Waals surface area contributed by atoms with Crippen LogP contribution in [0.25, 0.3) is 0 Å². The number of ether oxygens (including phenoxy) is 1. The van der Waals surface area contributed by atoms with Gasteiger partial charge in [-0.25, -0.2) is 9.29 Å². The van der Waals surface area contributed by atoms with Gasteiger partial charge in [0.2, 0.25) is 11.8 Å². The van der Waals surface area contributed by atoms with Gasteiger partial charge >= 0.3 is 4.87 Å². The minimum Gasteiger partial charge on any atom is -0.483 e. The van der Waals surface area contributed by atoms with Crippen LogP contribution in [0.15, 0.2) is 82.6 Å². The van der Waals surface area contributed by atoms with E-state index in [1.54, 1.807) is 24.3 Å². The van der Waals surface area contributed by atoms with E-state index in [4.69, 9.17) is 4.74 Å². The number of nitro benzene ring substituents is 1. The third-order valence-electron chi connectivity index (χ3n) is 6.88. The van der Waals surface area contributed by atoms with Gasteiger partial charge < -0.3 is 15.0 Å². The van der Waals surface area contributed by atoms with Crippen molar-refractivity contribution in [3.8, 4) is 5.75 Å². The zero-order valence-corrected chi connectivity index (χ0v) is 22.9. The van der Waals surface area contributed by atoms with Crippen LogP contribution in [-0.4, -0.2) is 39.5 Å². The zero-order valence-electron chi connectivity index (χ0n) is 21.3. The highest BCUT2D eigenvalue weighted by Gasteiger charge is 2.56. The first kappa shape index (κ1) is 27.4. The Morgan fingerprint density at radius 2 is 1.74 bits per heavy atom. The molecule has 0 radical (unpaired) electrons. The number of hydrogen-bond donors (Lipinski definition) is 2. The molecule has 0 saturated carbocycles. The number of aromatic amines is 1. The van der Waals surface area contributed by atoms with Gasteiger partial charge in [-0.15, -0.1) is 0 Å². The van der Waals surface area contributed by atoms with E-state index in [-0.39, 0.29) is 22.0 Å². The summed E-state index contributed by atoms with van der Waals surface area (Å²) in [7, 11) is 0. The number of H-pyrrole nitrogens is 1. The molecular weight excluding hydrogens is 587 g/mol. The maximum atomic E-state index is 13.9. The number of non-ortho nitro benzene ring substituents is 1. The molecule has 3 unspecified atom stereocenters. The lowest BCUT2D eigenvalue weighted by molar-refractivity contribution is -0.384. The Morgan fingerprint density at radius 1 is 1.02 bits per heavy atom. The Bertz CT molecular complexity index is 1790. The second kappa shape index (κ2) is 10.9. The monoisotopic (exact) mass is 606 g/mol. The van der Waals surface area contributed by atoms with Gasteiger partial charge in [0.15, 0.2) is 6.61 Å². The van der Waals surface area contributed by atoms with Gasteiger partial charge in [-0.2, -0.15) is 0 Å². The van der Waals surface area contributed by atoms with Crippen molar-refractivity contribution in [2.75, 3.05) is 16.8 Å². The van der Waals surface area contributed by atoms with E-state index < -0.39 is 52.2 Å². The number of fused-ring (bicyclic) bond motifs is 2. The highest BCUT2D eigenvalue weighted by Crippen LogP contribution is 2.54. The largest absolute Gasteiger partial charge is 0.483 e. The molecule has 11 nitrogen and oxygen atoms in total. The number of hydrogen-bond acceptors (Lipinski definition) is 9. The Labute approximate surface area is 244 Å². The topological polar surface area (TPSA) is 152 Å². The third kappa shape index (κ3) is 4.94. The Balaban J connectivity index is 1.33. The number of thioether (sulfide) groups is 1. The summed E-state index contributed by atoms with van der Waals surface area (Å²) in [4.78, 5) is 67.0. The number of benzene rings is 3. The van der Waals surface area contributed by atoms with Gasteiger partial charge in [0.05, 0.1) is 21.6 Å². The fourth-order valence-corrected chi connectivity index (χ4v) is 7.58. The number of carbonyl (C=O) groups excluding carboxylic acids is 3. The molecule has 3 atom stereocenters. The lowest BCUT2D eigenvalue weighted by Gasteiger charge is -2.30. The molecule has 1 saturated heterocycles. The maximum Gasteiger partial charge on any atom is 0.305 e. The van der Waals surface area contributed by atoms with E-state index in [1.807, 2.05) is 0 Å². The molecule has 3 aromatic carbocycles. The average Bonchev–Trinajstić information content (AvgIpc) is 3.47. The van der Waals surface area contributed by atoms with Crippen molar-refractivity contribution in [3.05, 3.63) is 109 Å². The normalized spacial score (nSPS) is 19.3. The molecule has 2 aliphatic rings. The second-order valence-corrected chi connectivity index (χ2v) is 11.6. The van der Waals surface area contributed by atoms with Crippen LogP contribution in [-0.2, 0) is 14.4 Å². The molecule has 14 heteroatoms. The van der Waals surface area contributed by atoms with Crippen LogP contribution in [0.2, 0.25) is 0 Å². The number of halogens is 1. The standard InChI is InChI=1S/C28H19FN4O7S2/c29-14-5-7-15(8-6-14)30-20(34)13-40-19-4-2-1-3-18(19)21-22-24(41-25-23(21)42-28(37)31-25)27(36)32(26(22)35)16-9-11-17(12-10-16)33(38)39/h1-12,21-22,24H,13H2,(H,30,34)(H,31,37). The summed E-state index contributed by atoms with van der Waals surface area (Å²) in [6.45, 7) is -0.401. The van der Waals surface area contributed by atoms with Crippen LogP contribution in [0.3, 0.4) is 0 Å². The zero-order chi connectivity index (χ0) is 29.5. The predicted molar refractivity (Wildman–Crippen MR) is 152 cm³/mol. The minimum absolute atomic E-state index is 0.184. The molecule has 0 bridgehead atoms. The van der Waals surface area contributed by atoms with Gasteiger partial charge in [0, 0.05) is 34.2 Å². The summed E-state index contributed by atoms with van der Waals surface area (Å²) >= 11 is 2.02. The van der Waals surface area contributed by atoms with Gasteiger partial charge in [0.25, 0.3) is 11.6 Å². The first-order chi connectivity index (χ1) is 20.2. The van der Waals surface area contributed by atoms with Crippen molar-refractivity contribution in [1.29, 1.82) is 0 Å². The number of aromatic nitrogens is 1. The van der Waals surface area contributed by atoms with Crippen LogP contribution in [0.1, 0.15) is 16.4 Å². The van der Waals surface area contributed by atoms with Crippen LogP contribution < -0.4 is 19.8 Å². The Morgan fingerprint density at radius 3 is 2.45 bits per heavy atom. The molecule has 0 aliphatic carbocycles. The minimum atomic E-state index is -0.922. The second-order valence-electron chi connectivity index (χ2n) is 9.42. The molecular formula is C28H19FN4O7S2. The summed E-state index contributed by atoms with van der Waals surface area (Å²) in [6.07, 6.45) is 0. The van der Waals surface area contributed by atoms with Crippen LogP contribution in [0.4, 0.5) is 21.5 Å². The van der Waals surface area contributed by atoms with Crippen LogP contribution in [0, 0.1) is 21.8 Å². The number of anilines is 2. The number of carbonyl (C=O) groups is 3. The number of para-hydroxylation sites is 1. The van der Waals surface area contributed by atoms with Gasteiger partial charge in [-0.1, -0.05) is 41.3 Å². The van der Waals surface area contributed by atoms with E-state index in [9.17, 15) is 33.7 Å². The van der Waals surface area contributed by atoms with Gasteiger partial charge in [0.1, 0.15) is 16.8 Å². The van der Waals surface area contributed by atoms with Crippen LogP contribution >= 0.6 is 23.1 Å². The molecule has 0 spiro atoms. The number of imide groups is 1. The molecule has 3 amide bonds. The molecule has 3 heterocycles. The lowest BCUT2D eigenvalue weighted by atomic mass is 9.82. The van der Waals surface area contributed by atoms with Crippen LogP contribution in [0.5, 0.6) is 5.75 Å². The SMILES string of the molecule is O=C(COc1ccccc1C1c2sc(=O)[nH]c2SC2C(=O)N(c3ccc([N+](=O)[O-])cc3)C(=O)C21)Nc1ccc(F)cc1. The van der Waals surface area contributed by atoms with E-state index in [2.05, 4.69) is 10.3 Å². The van der Waals surface area contributed by atoms with Gasteiger partial charge in [-0.05, 0) is 42.5 Å². The lowest BCUT2D eigenvalue weighted by Crippen LogP contribution is -2.32. The number of amides is 3. The number of rotatable bonds is 7. The molecule has 212 valence electrons. The quantitative estimate of drug-likeness (QED) is 0.180. The smallest absolute Gasteiger partial charge is 0.305 e. The van der Waals surface area contributed by atoms with E-state index in [0.717, 1.165) is 28.0 Å². The summed E-state index contributed by atoms with van der Waals surface area (Å²) < 4.78 is 19.1. The maximum absolute atomic E-state index is 13.9. The number of nitro groups is 1. The molecule has 42 heavy (non-hydrogen) atoms. The summed E-state index contributed by atoms with van der Waals surface area (Å²) in [5.41, 5.74) is 0.902. The fourth-order valence-electron chi connectivity index (χ4n) is 5.07. The highest BCUT2D eigenvalue weighted by atomic mass is 32.2. The van der Waals surface area contributed by atoms with Crippen molar-refractivity contribution < 1.29 is 28.4 Å². The predicted octanol–water partition coefficient (Wildman–Crippen LogP) is 4.30. The Hall–Kier alpha value is -4.82. The number of nitrogens with one attached hydrogen (secondary N) is 2. The van der Waals surface area contributed by atoms with Crippen molar-refractivity contribution in [2.45, 2.75) is 16.2 Å². The molecule has 4 aromatic rings. The molecule has 1 fully saturated rings. The molecule has 2 N–H and O–H groups in total.